The Hall–Kier alpha value is -0.520. The molecule has 1 rings (SSSR count). The first kappa shape index (κ1) is 10.6. The molecule has 0 aromatic heterocycles. The first-order chi connectivity index (χ1) is 5.99. The van der Waals surface area contributed by atoms with E-state index < -0.39 is 0 Å². The molecule has 0 unspecified atom stereocenters. The molecule has 0 N–H and O–H groups in total. The monoisotopic (exact) mass is 178 g/mol. The van der Waals surface area contributed by atoms with Crippen LogP contribution in [0.3, 0.4) is 0 Å². The zero-order chi connectivity index (χ0) is 10.1. The molecule has 0 heteroatoms. The van der Waals surface area contributed by atoms with E-state index in [1.54, 1.807) is 16.7 Å². The lowest BCUT2D eigenvalue weighted by Gasteiger charge is -2.21. The largest absolute Gasteiger partial charge is 0.0661 e. The fraction of sp³-hybridized carbons (Fsp3) is 0.692. The molecule has 0 aliphatic heterocycles. The average molecular weight is 178 g/mol. The second kappa shape index (κ2) is 3.69. The Morgan fingerprint density at radius 2 is 1.77 bits per heavy atom. The molecule has 0 heterocycles. The van der Waals surface area contributed by atoms with Crippen LogP contribution >= 0.6 is 0 Å². The van der Waals surface area contributed by atoms with E-state index in [1.807, 2.05) is 0 Å². The zero-order valence-electron chi connectivity index (χ0n) is 9.70. The van der Waals surface area contributed by atoms with Crippen molar-refractivity contribution in [1.82, 2.24) is 0 Å². The molecule has 0 saturated heterocycles. The van der Waals surface area contributed by atoms with Gasteiger partial charge in [0, 0.05) is 0 Å². The molecule has 0 aromatic rings. The van der Waals surface area contributed by atoms with Gasteiger partial charge in [-0.25, -0.2) is 0 Å². The molecule has 0 spiro atoms. The van der Waals surface area contributed by atoms with Gasteiger partial charge < -0.3 is 0 Å². The summed E-state index contributed by atoms with van der Waals surface area (Å²) in [7, 11) is 0. The molecule has 0 nitrogen and oxygen atoms in total. The summed E-state index contributed by atoms with van der Waals surface area (Å²) in [6.45, 7) is 11.5. The van der Waals surface area contributed by atoms with E-state index in [-0.39, 0.29) is 0 Å². The van der Waals surface area contributed by atoms with Crippen molar-refractivity contribution in [3.05, 3.63) is 22.8 Å². The second-order valence-corrected chi connectivity index (χ2v) is 4.95. The van der Waals surface area contributed by atoms with E-state index in [1.165, 1.54) is 19.3 Å². The molecular weight excluding hydrogens is 156 g/mol. The predicted molar refractivity (Wildman–Crippen MR) is 59.8 cm³/mol. The average Bonchev–Trinajstić information content (AvgIpc) is 2.46. The number of rotatable bonds is 2. The van der Waals surface area contributed by atoms with Crippen LogP contribution in [0.4, 0.5) is 0 Å². The standard InChI is InChI=1S/C13H22/c1-6-10-8-11(7-2)12(9-10)13(3,4)5/h9H,6-8H2,1-5H3. The third kappa shape index (κ3) is 2.24. The van der Waals surface area contributed by atoms with Gasteiger partial charge in [-0.3, -0.25) is 0 Å². The molecule has 1 aliphatic carbocycles. The third-order valence-electron chi connectivity index (χ3n) is 2.86. The minimum Gasteiger partial charge on any atom is -0.0661 e. The Labute approximate surface area is 82.7 Å². The van der Waals surface area contributed by atoms with Crippen LogP contribution < -0.4 is 0 Å². The molecule has 13 heavy (non-hydrogen) atoms. The molecular formula is C13H22. The van der Waals surface area contributed by atoms with E-state index >= 15 is 0 Å². The quantitative estimate of drug-likeness (QED) is 0.585. The molecule has 0 saturated carbocycles. The molecule has 0 bridgehead atoms. The van der Waals surface area contributed by atoms with E-state index in [4.69, 9.17) is 0 Å². The maximum Gasteiger partial charge on any atom is -0.00994 e. The highest BCUT2D eigenvalue weighted by molar-refractivity contribution is 5.42. The SMILES string of the molecule is CCC1=CC(C(C)(C)C)=C(CC)C1. The first-order valence-corrected chi connectivity index (χ1v) is 5.41. The Kier molecular flexibility index (Phi) is 3.00. The first-order valence-electron chi connectivity index (χ1n) is 5.41. The van der Waals surface area contributed by atoms with Gasteiger partial charge in [-0.1, -0.05) is 51.8 Å². The van der Waals surface area contributed by atoms with E-state index in [0.717, 1.165) is 0 Å². The topological polar surface area (TPSA) is 0 Å². The lowest BCUT2D eigenvalue weighted by molar-refractivity contribution is 0.512. The second-order valence-electron chi connectivity index (χ2n) is 4.95. The normalized spacial score (nSPS) is 18.1. The minimum absolute atomic E-state index is 0.336. The van der Waals surface area contributed by atoms with E-state index in [2.05, 4.69) is 40.7 Å². The lowest BCUT2D eigenvalue weighted by atomic mass is 9.84. The summed E-state index contributed by atoms with van der Waals surface area (Å²) in [6.07, 6.45) is 6.09. The fourth-order valence-electron chi connectivity index (χ4n) is 2.02. The van der Waals surface area contributed by atoms with Crippen molar-refractivity contribution in [2.24, 2.45) is 5.41 Å². The number of hydrogen-bond donors (Lipinski definition) is 0. The Morgan fingerprint density at radius 3 is 2.08 bits per heavy atom. The van der Waals surface area contributed by atoms with Gasteiger partial charge in [0.05, 0.1) is 0 Å². The smallest absolute Gasteiger partial charge is 0.00994 e. The van der Waals surface area contributed by atoms with Crippen LogP contribution in [-0.4, -0.2) is 0 Å². The fourth-order valence-corrected chi connectivity index (χ4v) is 2.02. The van der Waals surface area contributed by atoms with Crippen molar-refractivity contribution in [2.75, 3.05) is 0 Å². The Balaban J connectivity index is 2.94. The maximum absolute atomic E-state index is 2.43. The summed E-state index contributed by atoms with van der Waals surface area (Å²) >= 11 is 0. The lowest BCUT2D eigenvalue weighted by Crippen LogP contribution is -2.08. The van der Waals surface area contributed by atoms with E-state index in [9.17, 15) is 0 Å². The molecule has 1 aliphatic rings. The van der Waals surface area contributed by atoms with Crippen LogP contribution in [0.1, 0.15) is 53.9 Å². The van der Waals surface area contributed by atoms with Crippen LogP contribution in [0.5, 0.6) is 0 Å². The highest BCUT2D eigenvalue weighted by Crippen LogP contribution is 2.39. The van der Waals surface area contributed by atoms with Crippen molar-refractivity contribution < 1.29 is 0 Å². The molecule has 0 amide bonds. The molecule has 0 aromatic carbocycles. The molecule has 0 fully saturated rings. The van der Waals surface area contributed by atoms with Crippen molar-refractivity contribution in [2.45, 2.75) is 53.9 Å². The number of allylic oxidation sites excluding steroid dienone is 4. The van der Waals surface area contributed by atoms with Gasteiger partial charge >= 0.3 is 0 Å². The van der Waals surface area contributed by atoms with Gasteiger partial charge in [-0.15, -0.1) is 0 Å². The van der Waals surface area contributed by atoms with Crippen LogP contribution in [0, 0.1) is 5.41 Å². The number of hydrogen-bond acceptors (Lipinski definition) is 0. The maximum atomic E-state index is 2.43. The van der Waals surface area contributed by atoms with Gasteiger partial charge in [-0.2, -0.15) is 0 Å². The summed E-state index contributed by atoms with van der Waals surface area (Å²) in [5, 5.41) is 0. The highest BCUT2D eigenvalue weighted by Gasteiger charge is 2.23. The van der Waals surface area contributed by atoms with Crippen LogP contribution in [-0.2, 0) is 0 Å². The van der Waals surface area contributed by atoms with Crippen LogP contribution in [0.2, 0.25) is 0 Å². The van der Waals surface area contributed by atoms with Crippen LogP contribution in [0.25, 0.3) is 0 Å². The van der Waals surface area contributed by atoms with Gasteiger partial charge in [0.25, 0.3) is 0 Å². The minimum atomic E-state index is 0.336. The van der Waals surface area contributed by atoms with Crippen molar-refractivity contribution in [1.29, 1.82) is 0 Å². The summed E-state index contributed by atoms with van der Waals surface area (Å²) in [5.41, 5.74) is 5.19. The Bertz CT molecular complexity index is 246. The summed E-state index contributed by atoms with van der Waals surface area (Å²) < 4.78 is 0. The summed E-state index contributed by atoms with van der Waals surface area (Å²) in [4.78, 5) is 0. The highest BCUT2D eigenvalue weighted by atomic mass is 14.3. The van der Waals surface area contributed by atoms with Crippen LogP contribution in [0.15, 0.2) is 22.8 Å². The van der Waals surface area contributed by atoms with E-state index in [0.29, 0.717) is 5.41 Å². The van der Waals surface area contributed by atoms with Crippen molar-refractivity contribution in [3.8, 4) is 0 Å². The predicted octanol–water partition coefficient (Wildman–Crippen LogP) is 4.48. The zero-order valence-corrected chi connectivity index (χ0v) is 9.70. The Morgan fingerprint density at radius 1 is 1.15 bits per heavy atom. The molecule has 74 valence electrons. The molecule has 0 atom stereocenters. The van der Waals surface area contributed by atoms with Gasteiger partial charge in [0.2, 0.25) is 0 Å². The van der Waals surface area contributed by atoms with Gasteiger partial charge in [0.1, 0.15) is 0 Å². The summed E-state index contributed by atoms with van der Waals surface area (Å²) in [6, 6.07) is 0. The van der Waals surface area contributed by atoms with Crippen molar-refractivity contribution >= 4 is 0 Å². The van der Waals surface area contributed by atoms with Gasteiger partial charge in [-0.05, 0) is 30.3 Å². The van der Waals surface area contributed by atoms with Crippen molar-refractivity contribution in [3.63, 3.8) is 0 Å². The summed E-state index contributed by atoms with van der Waals surface area (Å²) in [5.74, 6) is 0. The third-order valence-corrected chi connectivity index (χ3v) is 2.86. The molecule has 0 radical (unpaired) electrons. The van der Waals surface area contributed by atoms with Gasteiger partial charge in [0.15, 0.2) is 0 Å².